The number of hydrogen-bond donors (Lipinski definition) is 1. The topological polar surface area (TPSA) is 69.2 Å². The number of halogens is 1. The first-order valence-corrected chi connectivity index (χ1v) is 6.57. The van der Waals surface area contributed by atoms with E-state index in [1.165, 1.54) is 7.11 Å². The molecule has 0 unspecified atom stereocenters. The summed E-state index contributed by atoms with van der Waals surface area (Å²) >= 11 is 6.03. The van der Waals surface area contributed by atoms with Crippen LogP contribution in [-0.2, 0) is 0 Å². The molecule has 0 bridgehead atoms. The molecule has 2 aromatic rings. The minimum atomic E-state index is 0.128. The lowest BCUT2D eigenvalue weighted by molar-refractivity contribution is 0.360. The van der Waals surface area contributed by atoms with Crippen LogP contribution in [0.5, 0.6) is 17.8 Å². The van der Waals surface area contributed by atoms with Crippen LogP contribution in [0.25, 0.3) is 0 Å². The minimum Gasteiger partial charge on any atom is -0.467 e. The number of hydrogen-bond acceptors (Lipinski definition) is 6. The van der Waals surface area contributed by atoms with Gasteiger partial charge in [-0.2, -0.15) is 9.97 Å². The highest BCUT2D eigenvalue weighted by atomic mass is 35.5. The molecule has 1 heterocycles. The SMILES string of the molecule is CCCNc1nc(OC)nc(Oc2ccccc2Cl)n1. The number of nitrogens with zero attached hydrogens (tertiary/aromatic N) is 3. The van der Waals surface area contributed by atoms with Crippen LogP contribution < -0.4 is 14.8 Å². The zero-order valence-electron chi connectivity index (χ0n) is 11.3. The van der Waals surface area contributed by atoms with Crippen LogP contribution in [0.3, 0.4) is 0 Å². The van der Waals surface area contributed by atoms with Gasteiger partial charge in [-0.1, -0.05) is 30.7 Å². The maximum Gasteiger partial charge on any atom is 0.330 e. The smallest absolute Gasteiger partial charge is 0.330 e. The Morgan fingerprint density at radius 1 is 1.15 bits per heavy atom. The van der Waals surface area contributed by atoms with Crippen molar-refractivity contribution in [1.29, 1.82) is 0 Å². The van der Waals surface area contributed by atoms with Crippen molar-refractivity contribution in [3.05, 3.63) is 29.3 Å². The Kier molecular flexibility index (Phi) is 4.95. The second-order valence-corrected chi connectivity index (χ2v) is 4.29. The first-order valence-electron chi connectivity index (χ1n) is 6.19. The summed E-state index contributed by atoms with van der Waals surface area (Å²) in [6.07, 6.45) is 0.953. The van der Waals surface area contributed by atoms with Crippen LogP contribution in [0.1, 0.15) is 13.3 Å². The Bertz CT molecular complexity index is 580. The maximum atomic E-state index is 6.03. The molecule has 20 heavy (non-hydrogen) atoms. The van der Waals surface area contributed by atoms with E-state index < -0.39 is 0 Å². The van der Waals surface area contributed by atoms with Crippen LogP contribution in [0.15, 0.2) is 24.3 Å². The summed E-state index contributed by atoms with van der Waals surface area (Å²) in [5.41, 5.74) is 0. The minimum absolute atomic E-state index is 0.128. The lowest BCUT2D eigenvalue weighted by Gasteiger charge is -2.09. The molecule has 1 N–H and O–H groups in total. The Morgan fingerprint density at radius 3 is 2.60 bits per heavy atom. The van der Waals surface area contributed by atoms with Gasteiger partial charge < -0.3 is 14.8 Å². The van der Waals surface area contributed by atoms with Crippen LogP contribution >= 0.6 is 11.6 Å². The van der Waals surface area contributed by atoms with Crippen LogP contribution in [0.4, 0.5) is 5.95 Å². The monoisotopic (exact) mass is 294 g/mol. The second-order valence-electron chi connectivity index (χ2n) is 3.89. The molecule has 0 amide bonds. The van der Waals surface area contributed by atoms with Gasteiger partial charge in [0.05, 0.1) is 12.1 Å². The van der Waals surface area contributed by atoms with Crippen LogP contribution in [-0.4, -0.2) is 28.6 Å². The average molecular weight is 295 g/mol. The van der Waals surface area contributed by atoms with Gasteiger partial charge in [-0.05, 0) is 18.6 Å². The van der Waals surface area contributed by atoms with Gasteiger partial charge in [-0.25, -0.2) is 0 Å². The fourth-order valence-corrected chi connectivity index (χ4v) is 1.59. The van der Waals surface area contributed by atoms with E-state index in [1.54, 1.807) is 12.1 Å². The van der Waals surface area contributed by atoms with Crippen LogP contribution in [0, 0.1) is 0 Å². The predicted molar refractivity (Wildman–Crippen MR) is 76.7 cm³/mol. The van der Waals surface area contributed by atoms with E-state index >= 15 is 0 Å². The molecule has 0 atom stereocenters. The van der Waals surface area contributed by atoms with E-state index in [-0.39, 0.29) is 12.0 Å². The lowest BCUT2D eigenvalue weighted by atomic mass is 10.3. The van der Waals surface area contributed by atoms with Gasteiger partial charge in [0.25, 0.3) is 0 Å². The molecule has 106 valence electrons. The van der Waals surface area contributed by atoms with Gasteiger partial charge in [0.2, 0.25) is 5.95 Å². The summed E-state index contributed by atoms with van der Waals surface area (Å²) in [5, 5.41) is 3.54. The van der Waals surface area contributed by atoms with Gasteiger partial charge in [-0.3, -0.25) is 0 Å². The van der Waals surface area contributed by atoms with Crippen molar-refractivity contribution >= 4 is 17.5 Å². The number of methoxy groups -OCH3 is 1. The summed E-state index contributed by atoms with van der Waals surface area (Å²) in [7, 11) is 1.48. The molecule has 0 saturated heterocycles. The summed E-state index contributed by atoms with van der Waals surface area (Å²) in [4.78, 5) is 12.3. The number of ether oxygens (including phenoxy) is 2. The highest BCUT2D eigenvalue weighted by molar-refractivity contribution is 6.32. The molecular weight excluding hydrogens is 280 g/mol. The van der Waals surface area contributed by atoms with E-state index in [0.717, 1.165) is 13.0 Å². The summed E-state index contributed by atoms with van der Waals surface area (Å²) in [6, 6.07) is 7.40. The van der Waals surface area contributed by atoms with Crippen molar-refractivity contribution < 1.29 is 9.47 Å². The van der Waals surface area contributed by atoms with Gasteiger partial charge in [0.15, 0.2) is 0 Å². The molecule has 0 spiro atoms. The second kappa shape index (κ2) is 6.91. The Hall–Kier alpha value is -2.08. The zero-order valence-corrected chi connectivity index (χ0v) is 12.0. The number of nitrogens with one attached hydrogen (secondary N) is 1. The predicted octanol–water partition coefficient (Wildman–Crippen LogP) is 3.15. The fraction of sp³-hybridized carbons (Fsp3) is 0.308. The fourth-order valence-electron chi connectivity index (χ4n) is 1.42. The third-order valence-electron chi connectivity index (χ3n) is 2.35. The maximum absolute atomic E-state index is 6.03. The third-order valence-corrected chi connectivity index (χ3v) is 2.66. The number of rotatable bonds is 6. The van der Waals surface area contributed by atoms with Crippen molar-refractivity contribution in [2.45, 2.75) is 13.3 Å². The van der Waals surface area contributed by atoms with Crippen molar-refractivity contribution in [2.24, 2.45) is 0 Å². The lowest BCUT2D eigenvalue weighted by Crippen LogP contribution is -2.07. The molecular formula is C13H15ClN4O2. The largest absolute Gasteiger partial charge is 0.467 e. The van der Waals surface area contributed by atoms with E-state index in [2.05, 4.69) is 20.3 Å². The van der Waals surface area contributed by atoms with Gasteiger partial charge in [0, 0.05) is 6.54 Å². The van der Waals surface area contributed by atoms with Gasteiger partial charge in [-0.15, -0.1) is 4.98 Å². The number of para-hydroxylation sites is 1. The number of benzene rings is 1. The van der Waals surface area contributed by atoms with Gasteiger partial charge >= 0.3 is 12.0 Å². The highest BCUT2D eigenvalue weighted by Crippen LogP contribution is 2.27. The zero-order chi connectivity index (χ0) is 14.4. The summed E-state index contributed by atoms with van der Waals surface area (Å²) in [6.45, 7) is 2.80. The Morgan fingerprint density at radius 2 is 1.90 bits per heavy atom. The Balaban J connectivity index is 2.24. The standard InChI is InChI=1S/C13H15ClN4O2/c1-3-8-15-11-16-12(19-2)18-13(17-11)20-10-7-5-4-6-9(10)14/h4-7H,3,8H2,1-2H3,(H,15,16,17,18). The average Bonchev–Trinajstić information content (AvgIpc) is 2.47. The summed E-state index contributed by atoms with van der Waals surface area (Å²) < 4.78 is 10.6. The molecule has 0 aliphatic rings. The molecule has 0 radical (unpaired) electrons. The van der Waals surface area contributed by atoms with Crippen molar-refractivity contribution in [3.8, 4) is 17.8 Å². The summed E-state index contributed by atoms with van der Waals surface area (Å²) in [5.74, 6) is 0.879. The van der Waals surface area contributed by atoms with Gasteiger partial charge in [0.1, 0.15) is 5.75 Å². The van der Waals surface area contributed by atoms with E-state index in [0.29, 0.717) is 16.7 Å². The first kappa shape index (κ1) is 14.3. The Labute approximate surface area is 122 Å². The molecule has 1 aromatic carbocycles. The third kappa shape index (κ3) is 3.71. The van der Waals surface area contributed by atoms with E-state index in [4.69, 9.17) is 21.1 Å². The van der Waals surface area contributed by atoms with Crippen LogP contribution in [0.2, 0.25) is 5.02 Å². The normalized spacial score (nSPS) is 10.2. The van der Waals surface area contributed by atoms with E-state index in [1.807, 2.05) is 19.1 Å². The van der Waals surface area contributed by atoms with E-state index in [9.17, 15) is 0 Å². The molecule has 0 fully saturated rings. The first-order chi connectivity index (χ1) is 9.72. The van der Waals surface area contributed by atoms with Crippen molar-refractivity contribution in [2.75, 3.05) is 19.0 Å². The number of anilines is 1. The molecule has 6 nitrogen and oxygen atoms in total. The highest BCUT2D eigenvalue weighted by Gasteiger charge is 2.10. The molecule has 2 rings (SSSR count). The molecule has 1 aromatic heterocycles. The molecule has 0 saturated carbocycles. The molecule has 0 aliphatic carbocycles. The molecule has 0 aliphatic heterocycles. The van der Waals surface area contributed by atoms with Crippen molar-refractivity contribution in [3.63, 3.8) is 0 Å². The molecule has 7 heteroatoms. The quantitative estimate of drug-likeness (QED) is 0.882. The number of aromatic nitrogens is 3. The van der Waals surface area contributed by atoms with Crippen molar-refractivity contribution in [1.82, 2.24) is 15.0 Å².